The summed E-state index contributed by atoms with van der Waals surface area (Å²) in [6.45, 7) is 2.77. The molecule has 0 bridgehead atoms. The molecule has 1 unspecified atom stereocenters. The van der Waals surface area contributed by atoms with E-state index in [0.29, 0.717) is 12.8 Å². The Kier molecular flexibility index (Phi) is 36.4. The van der Waals surface area contributed by atoms with Gasteiger partial charge < -0.3 is 25.2 Å². The quantitative estimate of drug-likeness (QED) is 0.0233. The maximum Gasteiger partial charge on any atom is 0.472 e. The highest BCUT2D eigenvalue weighted by Crippen LogP contribution is 2.43. The van der Waals surface area contributed by atoms with Crippen molar-refractivity contribution >= 4 is 25.7 Å². The van der Waals surface area contributed by atoms with E-state index in [4.69, 9.17) is 24.8 Å². The molecule has 4 N–H and O–H groups in total. The summed E-state index contributed by atoms with van der Waals surface area (Å²) in [5.41, 5.74) is 5.33. The van der Waals surface area contributed by atoms with Crippen LogP contribution in [0.3, 0.4) is 0 Å². The molecule has 0 aliphatic carbocycles. The number of carbonyl (C=O) groups excluding carboxylic acids is 2. The number of carbonyl (C=O) groups is 3. The van der Waals surface area contributed by atoms with Crippen molar-refractivity contribution in [1.29, 1.82) is 0 Å². The number of hydrogen-bond acceptors (Lipinski definition) is 9. The lowest BCUT2D eigenvalue weighted by Crippen LogP contribution is -2.34. The molecular weight excluding hydrogens is 709 g/mol. The monoisotopic (exact) mass is 788 g/mol. The summed E-state index contributed by atoms with van der Waals surface area (Å²) in [6, 6.07) is -1.52. The van der Waals surface area contributed by atoms with Gasteiger partial charge in [0.2, 0.25) is 0 Å². The molecule has 0 heterocycles. The minimum atomic E-state index is -4.71. The van der Waals surface area contributed by atoms with Gasteiger partial charge >= 0.3 is 25.7 Å². The highest BCUT2D eigenvalue weighted by Gasteiger charge is 2.28. The Morgan fingerprint density at radius 2 is 0.926 bits per heavy atom. The maximum atomic E-state index is 12.6. The van der Waals surface area contributed by atoms with E-state index in [1.165, 1.54) is 89.9 Å². The third kappa shape index (κ3) is 36.9. The number of hydrogen-bond donors (Lipinski definition) is 3. The molecule has 11 nitrogen and oxygen atoms in total. The molecule has 0 aromatic carbocycles. The Morgan fingerprint density at radius 3 is 1.37 bits per heavy atom. The van der Waals surface area contributed by atoms with Gasteiger partial charge in [0.05, 0.1) is 13.2 Å². The van der Waals surface area contributed by atoms with E-state index in [2.05, 4.69) is 42.7 Å². The van der Waals surface area contributed by atoms with E-state index >= 15 is 0 Å². The highest BCUT2D eigenvalue weighted by atomic mass is 31.2. The van der Waals surface area contributed by atoms with Crippen LogP contribution in [0.15, 0.2) is 24.3 Å². The van der Waals surface area contributed by atoms with Gasteiger partial charge in [-0.15, -0.1) is 0 Å². The summed E-state index contributed by atoms with van der Waals surface area (Å²) in [5.74, 6) is -2.39. The number of unbranched alkanes of at least 4 members (excludes halogenated alkanes) is 22. The van der Waals surface area contributed by atoms with Gasteiger partial charge in [-0.1, -0.05) is 141 Å². The first-order chi connectivity index (χ1) is 26.1. The fraction of sp³-hybridized carbons (Fsp3) is 0.833. The number of allylic oxidation sites excluding steroid dienone is 4. The molecule has 0 aliphatic heterocycles. The van der Waals surface area contributed by atoms with Gasteiger partial charge in [-0.3, -0.25) is 23.4 Å². The van der Waals surface area contributed by atoms with Crippen molar-refractivity contribution in [3.05, 3.63) is 24.3 Å². The zero-order valence-corrected chi connectivity index (χ0v) is 35.0. The highest BCUT2D eigenvalue weighted by molar-refractivity contribution is 7.47. The molecule has 12 heteroatoms. The Balaban J connectivity index is 4.39. The summed E-state index contributed by atoms with van der Waals surface area (Å²) < 4.78 is 32.7. The van der Waals surface area contributed by atoms with Crippen LogP contribution in [0, 0.1) is 0 Å². The van der Waals surface area contributed by atoms with Crippen molar-refractivity contribution in [3.63, 3.8) is 0 Å². The van der Waals surface area contributed by atoms with Gasteiger partial charge in [0, 0.05) is 12.8 Å². The first-order valence-electron chi connectivity index (χ1n) is 21.4. The van der Waals surface area contributed by atoms with Gasteiger partial charge in [0.25, 0.3) is 0 Å². The van der Waals surface area contributed by atoms with Crippen molar-refractivity contribution in [2.24, 2.45) is 5.73 Å². The van der Waals surface area contributed by atoms with E-state index in [1.807, 2.05) is 0 Å². The average Bonchev–Trinajstić information content (AvgIpc) is 3.14. The van der Waals surface area contributed by atoms with Crippen LogP contribution in [-0.2, 0) is 37.5 Å². The Morgan fingerprint density at radius 1 is 0.556 bits per heavy atom. The Hall–Kier alpha value is -2.04. The van der Waals surface area contributed by atoms with Gasteiger partial charge in [-0.05, 0) is 64.2 Å². The van der Waals surface area contributed by atoms with Crippen molar-refractivity contribution < 1.29 is 47.5 Å². The second kappa shape index (κ2) is 37.9. The minimum Gasteiger partial charge on any atom is -0.480 e. The first kappa shape index (κ1) is 52.0. The predicted molar refractivity (Wildman–Crippen MR) is 217 cm³/mol. The molecule has 0 saturated heterocycles. The molecule has 316 valence electrons. The molecule has 0 spiro atoms. The number of nitrogens with two attached hydrogens (primary N) is 1. The molecule has 54 heavy (non-hydrogen) atoms. The molecule has 3 atom stereocenters. The van der Waals surface area contributed by atoms with Crippen LogP contribution in [0.25, 0.3) is 0 Å². The molecule has 0 radical (unpaired) electrons. The van der Waals surface area contributed by atoms with Crippen LogP contribution in [0.2, 0.25) is 0 Å². The van der Waals surface area contributed by atoms with Crippen LogP contribution in [0.4, 0.5) is 0 Å². The molecule has 0 aliphatic rings. The minimum absolute atomic E-state index is 0.152. The third-order valence-corrected chi connectivity index (χ3v) is 10.1. The van der Waals surface area contributed by atoms with Gasteiger partial charge in [0.1, 0.15) is 12.6 Å². The predicted octanol–water partition coefficient (Wildman–Crippen LogP) is 11.1. The lowest BCUT2D eigenvalue weighted by Gasteiger charge is -2.20. The largest absolute Gasteiger partial charge is 0.480 e. The summed E-state index contributed by atoms with van der Waals surface area (Å²) in [5, 5.41) is 8.88. The molecule has 0 rings (SSSR count). The number of phosphoric ester groups is 1. The first-order valence-corrected chi connectivity index (χ1v) is 22.9. The van der Waals surface area contributed by atoms with Gasteiger partial charge in [0.15, 0.2) is 6.10 Å². The number of carboxylic acid groups (broad SMARTS) is 1. The average molecular weight is 788 g/mol. The van der Waals surface area contributed by atoms with Crippen molar-refractivity contribution in [1.82, 2.24) is 0 Å². The summed E-state index contributed by atoms with van der Waals surface area (Å²) >= 11 is 0. The van der Waals surface area contributed by atoms with Crippen LogP contribution in [0.1, 0.15) is 194 Å². The molecule has 0 fully saturated rings. The number of ether oxygens (including phenoxy) is 2. The van der Waals surface area contributed by atoms with E-state index in [1.54, 1.807) is 0 Å². The van der Waals surface area contributed by atoms with Gasteiger partial charge in [-0.25, -0.2) is 4.57 Å². The van der Waals surface area contributed by atoms with Crippen molar-refractivity contribution in [3.8, 4) is 0 Å². The summed E-state index contributed by atoms with van der Waals surface area (Å²) in [4.78, 5) is 45.9. The van der Waals surface area contributed by atoms with Gasteiger partial charge in [-0.2, -0.15) is 0 Å². The standard InChI is InChI=1S/C42H78NO10P/c1-3-5-7-9-11-13-15-17-19-21-23-25-27-29-31-33-40(44)50-35-38(36-51-54(48,49)52-37-39(43)42(46)47)53-41(45)34-32-30-28-26-24-22-20-18-16-14-12-10-8-6-4-2/h13,15,18,20,38-39H,3-12,14,16-17,19,21-37,43H2,1-2H3,(H,46,47)(H,48,49)/b15-13-,20-18-/t38-,39+/m1/s1. The Bertz CT molecular complexity index is 1020. The normalized spacial score (nSPS) is 14.0. The molecule has 0 amide bonds. The van der Waals surface area contributed by atoms with Crippen molar-refractivity contribution in [2.45, 2.75) is 206 Å². The van der Waals surface area contributed by atoms with Crippen LogP contribution in [-0.4, -0.2) is 59.9 Å². The fourth-order valence-corrected chi connectivity index (χ4v) is 6.54. The van der Waals surface area contributed by atoms with Crippen LogP contribution < -0.4 is 5.73 Å². The van der Waals surface area contributed by atoms with E-state index in [9.17, 15) is 23.8 Å². The number of carboxylic acids is 1. The molecule has 0 aromatic heterocycles. The van der Waals surface area contributed by atoms with E-state index < -0.39 is 51.1 Å². The second-order valence-corrected chi connectivity index (χ2v) is 15.9. The lowest BCUT2D eigenvalue weighted by atomic mass is 10.1. The van der Waals surface area contributed by atoms with Crippen LogP contribution >= 0.6 is 7.82 Å². The van der Waals surface area contributed by atoms with E-state index in [0.717, 1.165) is 64.2 Å². The summed E-state index contributed by atoms with van der Waals surface area (Å²) in [6.07, 6.45) is 38.1. The molecular formula is C42H78NO10P. The zero-order valence-electron chi connectivity index (χ0n) is 34.1. The third-order valence-electron chi connectivity index (χ3n) is 9.17. The maximum absolute atomic E-state index is 12.6. The van der Waals surface area contributed by atoms with Crippen LogP contribution in [0.5, 0.6) is 0 Å². The fourth-order valence-electron chi connectivity index (χ4n) is 5.76. The number of aliphatic carboxylic acids is 1. The summed E-state index contributed by atoms with van der Waals surface area (Å²) in [7, 11) is -4.71. The topological polar surface area (TPSA) is 172 Å². The molecule has 0 saturated carbocycles. The number of esters is 2. The Labute approximate surface area is 328 Å². The SMILES string of the molecule is CCCCCC/C=C\CCCCCCCCCC(=O)OC[C@H](COP(=O)(O)OC[C@H](N)C(=O)O)OC(=O)CCCCCCC/C=C\CCCCCCCC. The number of phosphoric acid groups is 1. The molecule has 0 aromatic rings. The zero-order chi connectivity index (χ0) is 40.0. The number of rotatable bonds is 40. The van der Waals surface area contributed by atoms with E-state index in [-0.39, 0.29) is 19.4 Å². The second-order valence-electron chi connectivity index (χ2n) is 14.5. The van der Waals surface area contributed by atoms with Crippen molar-refractivity contribution in [2.75, 3.05) is 19.8 Å². The smallest absolute Gasteiger partial charge is 0.472 e. The lowest BCUT2D eigenvalue weighted by molar-refractivity contribution is -0.161.